The zero-order valence-corrected chi connectivity index (χ0v) is 12.5. The Kier molecular flexibility index (Phi) is 5.00. The molecule has 1 aromatic carbocycles. The van der Waals surface area contributed by atoms with Crippen LogP contribution < -0.4 is 0 Å². The van der Waals surface area contributed by atoms with Crippen molar-refractivity contribution in [3.05, 3.63) is 34.9 Å². The van der Waals surface area contributed by atoms with Gasteiger partial charge in [-0.15, -0.1) is 0 Å². The van der Waals surface area contributed by atoms with Gasteiger partial charge in [-0.3, -0.25) is 9.69 Å². The molecule has 1 aliphatic heterocycles. The first kappa shape index (κ1) is 14.5. The van der Waals surface area contributed by atoms with E-state index < -0.39 is 0 Å². The second kappa shape index (κ2) is 6.53. The largest absolute Gasteiger partial charge is 0.297 e. The van der Waals surface area contributed by atoms with Crippen molar-refractivity contribution in [3.63, 3.8) is 0 Å². The molecule has 2 nitrogen and oxygen atoms in total. The number of likely N-dealkylation sites (tertiary alicyclic amines) is 1. The van der Waals surface area contributed by atoms with Crippen molar-refractivity contribution in [2.75, 3.05) is 6.54 Å². The molecule has 0 saturated carbocycles. The van der Waals surface area contributed by atoms with Gasteiger partial charge in [-0.2, -0.15) is 0 Å². The maximum Gasteiger partial charge on any atom is 0.165 e. The number of halogens is 1. The lowest BCUT2D eigenvalue weighted by molar-refractivity contribution is 0.0949. The summed E-state index contributed by atoms with van der Waals surface area (Å²) in [4.78, 5) is 14.7. The van der Waals surface area contributed by atoms with E-state index in [9.17, 15) is 4.79 Å². The van der Waals surface area contributed by atoms with Crippen molar-refractivity contribution in [2.24, 2.45) is 0 Å². The first-order valence-electron chi connectivity index (χ1n) is 7.17. The summed E-state index contributed by atoms with van der Waals surface area (Å²) in [5, 5.41) is 0.564. The maximum atomic E-state index is 12.2. The third-order valence-electron chi connectivity index (χ3n) is 4.20. The van der Waals surface area contributed by atoms with E-state index in [1.165, 1.54) is 19.3 Å². The monoisotopic (exact) mass is 279 g/mol. The lowest BCUT2D eigenvalue weighted by atomic mass is 10.1. The standard InChI is InChI=1S/C16H22ClNO/c1-3-13-9-8-12(2)18(13)11-10-16(19)14-6-4-5-7-15(14)17/h4-7,12-13H,3,8-11H2,1-2H3. The Bertz CT molecular complexity index is 446. The molecule has 0 bridgehead atoms. The molecular weight excluding hydrogens is 258 g/mol. The Labute approximate surface area is 120 Å². The maximum absolute atomic E-state index is 12.2. The molecule has 2 rings (SSSR count). The van der Waals surface area contributed by atoms with Gasteiger partial charge in [0.05, 0.1) is 5.02 Å². The SMILES string of the molecule is CCC1CCC(C)N1CCC(=O)c1ccccc1Cl. The predicted octanol–water partition coefficient (Wildman–Crippen LogP) is 4.18. The number of Topliss-reactive ketones (excluding diaryl/α,β-unsaturated/α-hetero) is 1. The minimum absolute atomic E-state index is 0.152. The van der Waals surface area contributed by atoms with Crippen LogP contribution in [0.2, 0.25) is 5.02 Å². The van der Waals surface area contributed by atoms with Crippen LogP contribution >= 0.6 is 11.6 Å². The van der Waals surface area contributed by atoms with Crippen molar-refractivity contribution in [1.82, 2.24) is 4.90 Å². The molecule has 1 saturated heterocycles. The predicted molar refractivity (Wildman–Crippen MR) is 79.9 cm³/mol. The number of carbonyl (C=O) groups excluding carboxylic acids is 1. The van der Waals surface area contributed by atoms with Gasteiger partial charge in [-0.1, -0.05) is 30.7 Å². The van der Waals surface area contributed by atoms with E-state index in [0.29, 0.717) is 29.1 Å². The highest BCUT2D eigenvalue weighted by Crippen LogP contribution is 2.26. The summed E-state index contributed by atoms with van der Waals surface area (Å²) in [6.45, 7) is 5.34. The fraction of sp³-hybridized carbons (Fsp3) is 0.562. The van der Waals surface area contributed by atoms with E-state index >= 15 is 0 Å². The van der Waals surface area contributed by atoms with Gasteiger partial charge in [-0.05, 0) is 38.3 Å². The van der Waals surface area contributed by atoms with Crippen LogP contribution in [0.3, 0.4) is 0 Å². The van der Waals surface area contributed by atoms with Crippen molar-refractivity contribution in [2.45, 2.75) is 51.6 Å². The Morgan fingerprint density at radius 3 is 2.79 bits per heavy atom. The number of hydrogen-bond acceptors (Lipinski definition) is 2. The van der Waals surface area contributed by atoms with Crippen molar-refractivity contribution in [1.29, 1.82) is 0 Å². The van der Waals surface area contributed by atoms with Gasteiger partial charge in [0.2, 0.25) is 0 Å². The van der Waals surface area contributed by atoms with E-state index in [2.05, 4.69) is 18.7 Å². The average Bonchev–Trinajstić information content (AvgIpc) is 2.77. The molecule has 2 atom stereocenters. The van der Waals surface area contributed by atoms with Gasteiger partial charge in [-0.25, -0.2) is 0 Å². The van der Waals surface area contributed by atoms with Gasteiger partial charge < -0.3 is 0 Å². The molecule has 0 amide bonds. The first-order valence-corrected chi connectivity index (χ1v) is 7.54. The number of hydrogen-bond donors (Lipinski definition) is 0. The van der Waals surface area contributed by atoms with Crippen LogP contribution in [0.25, 0.3) is 0 Å². The van der Waals surface area contributed by atoms with Crippen LogP contribution in [0.1, 0.15) is 49.9 Å². The van der Waals surface area contributed by atoms with Gasteiger partial charge in [0.25, 0.3) is 0 Å². The first-order chi connectivity index (χ1) is 9.13. The van der Waals surface area contributed by atoms with Crippen LogP contribution in [-0.2, 0) is 0 Å². The number of rotatable bonds is 5. The van der Waals surface area contributed by atoms with Gasteiger partial charge in [0, 0.05) is 30.6 Å². The topological polar surface area (TPSA) is 20.3 Å². The minimum atomic E-state index is 0.152. The van der Waals surface area contributed by atoms with E-state index in [0.717, 1.165) is 6.54 Å². The second-order valence-electron chi connectivity index (χ2n) is 5.38. The summed E-state index contributed by atoms with van der Waals surface area (Å²) < 4.78 is 0. The van der Waals surface area contributed by atoms with Gasteiger partial charge in [0.15, 0.2) is 5.78 Å². The summed E-state index contributed by atoms with van der Waals surface area (Å²) >= 11 is 6.06. The molecule has 19 heavy (non-hydrogen) atoms. The molecule has 1 aliphatic rings. The summed E-state index contributed by atoms with van der Waals surface area (Å²) in [5.74, 6) is 0.152. The molecule has 1 aromatic rings. The minimum Gasteiger partial charge on any atom is -0.297 e. The number of nitrogens with zero attached hydrogens (tertiary/aromatic N) is 1. The molecule has 3 heteroatoms. The summed E-state index contributed by atoms with van der Waals surface area (Å²) in [5.41, 5.74) is 0.657. The lowest BCUT2D eigenvalue weighted by Gasteiger charge is -2.27. The number of ketones is 1. The van der Waals surface area contributed by atoms with Crippen molar-refractivity contribution in [3.8, 4) is 0 Å². The molecule has 1 heterocycles. The van der Waals surface area contributed by atoms with Gasteiger partial charge in [0.1, 0.15) is 0 Å². The molecule has 104 valence electrons. The quantitative estimate of drug-likeness (QED) is 0.754. The average molecular weight is 280 g/mol. The molecule has 1 fully saturated rings. The molecule has 0 aliphatic carbocycles. The summed E-state index contributed by atoms with van der Waals surface area (Å²) in [6, 6.07) is 8.57. The molecular formula is C16H22ClNO. The third-order valence-corrected chi connectivity index (χ3v) is 4.53. The highest BCUT2D eigenvalue weighted by molar-refractivity contribution is 6.33. The van der Waals surface area contributed by atoms with Crippen LogP contribution in [-0.4, -0.2) is 29.3 Å². The normalized spacial score (nSPS) is 23.7. The highest BCUT2D eigenvalue weighted by atomic mass is 35.5. The molecule has 0 aromatic heterocycles. The van der Waals surface area contributed by atoms with Crippen LogP contribution in [0.5, 0.6) is 0 Å². The molecule has 0 N–H and O–H groups in total. The Balaban J connectivity index is 1.95. The summed E-state index contributed by atoms with van der Waals surface area (Å²) in [7, 11) is 0. The van der Waals surface area contributed by atoms with E-state index in [1.807, 2.05) is 18.2 Å². The van der Waals surface area contributed by atoms with Crippen LogP contribution in [0.15, 0.2) is 24.3 Å². The van der Waals surface area contributed by atoms with Gasteiger partial charge >= 0.3 is 0 Å². The number of carbonyl (C=O) groups is 1. The molecule has 0 spiro atoms. The smallest absolute Gasteiger partial charge is 0.165 e. The molecule has 2 unspecified atom stereocenters. The van der Waals surface area contributed by atoms with Crippen LogP contribution in [0, 0.1) is 0 Å². The third kappa shape index (κ3) is 3.37. The zero-order chi connectivity index (χ0) is 13.8. The second-order valence-corrected chi connectivity index (χ2v) is 5.79. The fourth-order valence-corrected chi connectivity index (χ4v) is 3.26. The number of benzene rings is 1. The van der Waals surface area contributed by atoms with Crippen molar-refractivity contribution < 1.29 is 4.79 Å². The van der Waals surface area contributed by atoms with E-state index in [4.69, 9.17) is 11.6 Å². The fourth-order valence-electron chi connectivity index (χ4n) is 3.02. The Hall–Kier alpha value is -0.860. The van der Waals surface area contributed by atoms with E-state index in [1.54, 1.807) is 6.07 Å². The van der Waals surface area contributed by atoms with Crippen LogP contribution in [0.4, 0.5) is 0 Å². The highest BCUT2D eigenvalue weighted by Gasteiger charge is 2.29. The zero-order valence-electron chi connectivity index (χ0n) is 11.7. The Morgan fingerprint density at radius 1 is 1.37 bits per heavy atom. The van der Waals surface area contributed by atoms with E-state index in [-0.39, 0.29) is 5.78 Å². The summed E-state index contributed by atoms with van der Waals surface area (Å²) in [6.07, 6.45) is 4.24. The Morgan fingerprint density at radius 2 is 2.11 bits per heavy atom. The van der Waals surface area contributed by atoms with Crippen molar-refractivity contribution >= 4 is 17.4 Å². The lowest BCUT2D eigenvalue weighted by Crippen LogP contribution is -2.35. The molecule has 0 radical (unpaired) electrons.